The molecule has 10 rings (SSSR count). The fourth-order valence-corrected chi connectivity index (χ4v) is 11.9. The Balaban J connectivity index is 0.00000125. The number of carbonyl (C=O) groups excluding carboxylic acids is 4. The molecule has 18 heteroatoms. The molecule has 6 heterocycles. The van der Waals surface area contributed by atoms with Gasteiger partial charge in [0.15, 0.2) is 0 Å². The number of aryl methyl sites for hydroxylation is 2. The van der Waals surface area contributed by atoms with Gasteiger partial charge in [0.25, 0.3) is 18.9 Å². The number of morpholine rings is 1. The number of anilines is 1. The Labute approximate surface area is 448 Å². The maximum atomic E-state index is 13.8. The zero-order valence-electron chi connectivity index (χ0n) is 44.3. The van der Waals surface area contributed by atoms with Crippen molar-refractivity contribution in [1.82, 2.24) is 34.9 Å². The highest BCUT2D eigenvalue weighted by molar-refractivity contribution is 6.00. The molecule has 18 nitrogen and oxygen atoms in total. The van der Waals surface area contributed by atoms with E-state index in [1.165, 1.54) is 4.57 Å². The second-order valence-corrected chi connectivity index (χ2v) is 21.0. The fraction of sp³-hybridized carbons (Fsp3) is 0.475. The molecule has 4 atom stereocenters. The predicted molar refractivity (Wildman–Crippen MR) is 294 cm³/mol. The van der Waals surface area contributed by atoms with Gasteiger partial charge in [-0.25, -0.2) is 4.79 Å². The molecule has 5 aliphatic rings. The first kappa shape index (κ1) is 55.9. The summed E-state index contributed by atoms with van der Waals surface area (Å²) in [6.07, 6.45) is 8.72. The molecule has 0 spiro atoms. The fourth-order valence-electron chi connectivity index (χ4n) is 11.9. The van der Waals surface area contributed by atoms with Crippen molar-refractivity contribution in [3.05, 3.63) is 111 Å². The lowest BCUT2D eigenvalue weighted by atomic mass is 9.89. The zero-order valence-corrected chi connectivity index (χ0v) is 44.3. The number of hydrogen-bond acceptors (Lipinski definition) is 11. The van der Waals surface area contributed by atoms with Crippen LogP contribution in [-0.4, -0.2) is 130 Å². The maximum absolute atomic E-state index is 13.8. The summed E-state index contributed by atoms with van der Waals surface area (Å²) in [5.74, 6) is 7.18. The minimum Gasteiger partial charge on any atom is -0.483 e. The van der Waals surface area contributed by atoms with Crippen LogP contribution in [0.3, 0.4) is 0 Å². The summed E-state index contributed by atoms with van der Waals surface area (Å²) in [6, 6.07) is 24.9. The molecule has 0 saturated carbocycles. The minimum absolute atomic E-state index is 0.0815. The van der Waals surface area contributed by atoms with Crippen LogP contribution < -0.4 is 27.0 Å². The number of benzene rings is 4. The standard InChI is InChI=1S/C57H68N8O6.2CH2O2/c1-36-11-16-42(59-43-31-44-34-71-35-45(32-43)60-44)33-49(36)55(68)58-37(2)46-17-14-40(47-8-4-5-9-48(46)47)13-12-38-21-26-63(27-22-38)25-7-6-10-54(67)64-28-23-39(24-29-64)41-15-18-50-52(30-41)62(3)57(70)65(50)51-19-20-53(66)61-56(51)69;2*2-1-3/h4-5,8-9,11,14-18,30,33,37-39,43-45,51,59-60H,6-7,10,19-29,31-32,34-35H2,1-3H3,(H,58,68)(H,61,66,69);2*1H,(H,2,3)/t37-,43?,44?,45?,51?;;/m1../s1. The summed E-state index contributed by atoms with van der Waals surface area (Å²) in [4.78, 5) is 86.0. The molecule has 3 unspecified atom stereocenters. The molecule has 5 aromatic rings. The predicted octanol–water partition coefficient (Wildman–Crippen LogP) is 6.24. The molecule has 5 aliphatic heterocycles. The normalized spacial score (nSPS) is 21.3. The number of amides is 4. The molecule has 2 bridgehead atoms. The van der Waals surface area contributed by atoms with E-state index in [2.05, 4.69) is 93.5 Å². The number of aromatic nitrogens is 2. The summed E-state index contributed by atoms with van der Waals surface area (Å²) >= 11 is 0. The first-order valence-corrected chi connectivity index (χ1v) is 27.0. The molecule has 4 aromatic carbocycles. The number of fused-ring (bicyclic) bond motifs is 4. The topological polar surface area (TPSA) is 234 Å². The van der Waals surface area contributed by atoms with E-state index in [9.17, 15) is 24.0 Å². The van der Waals surface area contributed by atoms with Crippen LogP contribution >= 0.6 is 0 Å². The number of nitrogens with zero attached hydrogens (tertiary/aromatic N) is 4. The van der Waals surface area contributed by atoms with Crippen molar-refractivity contribution in [2.45, 2.75) is 121 Å². The third kappa shape index (κ3) is 13.6. The van der Waals surface area contributed by atoms with E-state index in [4.69, 9.17) is 24.5 Å². The lowest BCUT2D eigenvalue weighted by Gasteiger charge is -2.40. The number of imidazole rings is 1. The van der Waals surface area contributed by atoms with Crippen molar-refractivity contribution in [2.75, 3.05) is 51.3 Å². The summed E-state index contributed by atoms with van der Waals surface area (Å²) in [7, 11) is 1.72. The molecular weight excluding hydrogens is 981 g/mol. The zero-order chi connectivity index (χ0) is 54.6. The number of rotatable bonds is 12. The molecule has 77 heavy (non-hydrogen) atoms. The van der Waals surface area contributed by atoms with Crippen molar-refractivity contribution in [2.24, 2.45) is 13.0 Å². The summed E-state index contributed by atoms with van der Waals surface area (Å²) in [5, 5.41) is 29.0. The van der Waals surface area contributed by atoms with Crippen molar-refractivity contribution in [3.8, 4) is 11.8 Å². The number of piperidine rings is 4. The highest BCUT2D eigenvalue weighted by atomic mass is 16.5. The van der Waals surface area contributed by atoms with Gasteiger partial charge >= 0.3 is 5.69 Å². The van der Waals surface area contributed by atoms with E-state index >= 15 is 0 Å². The third-order valence-corrected chi connectivity index (χ3v) is 15.9. The van der Waals surface area contributed by atoms with Crippen molar-refractivity contribution in [3.63, 3.8) is 0 Å². The van der Waals surface area contributed by atoms with Crippen LogP contribution in [0.2, 0.25) is 0 Å². The summed E-state index contributed by atoms with van der Waals surface area (Å²) in [6.45, 7) is 9.48. The quantitative estimate of drug-likeness (QED) is 0.0352. The average Bonchev–Trinajstić information content (AvgIpc) is 3.69. The Morgan fingerprint density at radius 1 is 0.844 bits per heavy atom. The summed E-state index contributed by atoms with van der Waals surface area (Å²) in [5.41, 5.74) is 7.01. The van der Waals surface area contributed by atoms with Crippen LogP contribution in [0, 0.1) is 24.7 Å². The van der Waals surface area contributed by atoms with Gasteiger partial charge in [0.05, 0.1) is 30.3 Å². The molecule has 0 radical (unpaired) electrons. The van der Waals surface area contributed by atoms with Gasteiger partial charge in [0.2, 0.25) is 17.7 Å². The lowest BCUT2D eigenvalue weighted by Crippen LogP contribution is -2.56. The van der Waals surface area contributed by atoms with Gasteiger partial charge in [-0.15, -0.1) is 0 Å². The number of nitrogens with one attached hydrogen (secondary N) is 4. The van der Waals surface area contributed by atoms with E-state index in [1.54, 1.807) is 11.6 Å². The monoisotopic (exact) mass is 1050 g/mol. The maximum Gasteiger partial charge on any atom is 0.329 e. The molecule has 5 fully saturated rings. The number of carboxylic acid groups (broad SMARTS) is 2. The number of likely N-dealkylation sites (tertiary alicyclic amines) is 2. The Bertz CT molecular complexity index is 3050. The number of ether oxygens (including phenoxy) is 1. The van der Waals surface area contributed by atoms with Gasteiger partial charge in [-0.05, 0) is 155 Å². The van der Waals surface area contributed by atoms with Gasteiger partial charge in [0, 0.05) is 73.8 Å². The van der Waals surface area contributed by atoms with Gasteiger partial charge in [-0.2, -0.15) is 0 Å². The number of carbonyl (C=O) groups is 6. The molecule has 5 saturated heterocycles. The molecular formula is C59H72N8O10. The van der Waals surface area contributed by atoms with Crippen LogP contribution in [0.4, 0.5) is 5.69 Å². The highest BCUT2D eigenvalue weighted by Gasteiger charge is 2.34. The van der Waals surface area contributed by atoms with E-state index in [0.717, 1.165) is 128 Å². The molecule has 1 aromatic heterocycles. The molecule has 0 aliphatic carbocycles. The number of unbranched alkanes of at least 4 members (excludes halogenated alkanes) is 1. The van der Waals surface area contributed by atoms with Crippen LogP contribution in [0.15, 0.2) is 77.6 Å². The minimum atomic E-state index is -0.704. The largest absolute Gasteiger partial charge is 0.483 e. The van der Waals surface area contributed by atoms with Crippen LogP contribution in [0.5, 0.6) is 0 Å². The van der Waals surface area contributed by atoms with Crippen LogP contribution in [0.25, 0.3) is 21.8 Å². The van der Waals surface area contributed by atoms with Gasteiger partial charge in [0.1, 0.15) is 6.04 Å². The smallest absolute Gasteiger partial charge is 0.329 e. The molecule has 6 N–H and O–H groups in total. The Kier molecular flexibility index (Phi) is 19.0. The SMILES string of the molecule is Cc1ccc(NC2CC3COCC(C2)N3)cc1C(=O)N[C@H](C)c1ccc(C#CC2CCN(CCCCC(=O)N3CCC(c4ccc5c(c4)n(C)c(=O)n5C4CCC(=O)NC4=O)CC3)CC2)c2ccccc12.O=CO.O=CO. The summed E-state index contributed by atoms with van der Waals surface area (Å²) < 4.78 is 8.84. The average molecular weight is 1050 g/mol. The van der Waals surface area contributed by atoms with Gasteiger partial charge in [-0.1, -0.05) is 54.3 Å². The second-order valence-electron chi connectivity index (χ2n) is 21.0. The third-order valence-electron chi connectivity index (χ3n) is 15.9. The van der Waals surface area contributed by atoms with E-state index in [1.807, 2.05) is 36.1 Å². The molecule has 4 amide bonds. The van der Waals surface area contributed by atoms with E-state index < -0.39 is 11.9 Å². The Morgan fingerprint density at radius 2 is 1.55 bits per heavy atom. The second kappa shape index (κ2) is 26.1. The first-order valence-electron chi connectivity index (χ1n) is 27.0. The number of hydrogen-bond donors (Lipinski definition) is 6. The van der Waals surface area contributed by atoms with Crippen LogP contribution in [0.1, 0.15) is 128 Å². The van der Waals surface area contributed by atoms with Gasteiger partial charge in [-0.3, -0.25) is 43.2 Å². The van der Waals surface area contributed by atoms with Gasteiger partial charge < -0.3 is 40.7 Å². The van der Waals surface area contributed by atoms with Crippen LogP contribution in [-0.2, 0) is 35.8 Å². The van der Waals surface area contributed by atoms with Crippen molar-refractivity contribution in [1.29, 1.82) is 0 Å². The van der Waals surface area contributed by atoms with E-state index in [0.29, 0.717) is 61.1 Å². The molecule has 408 valence electrons. The lowest BCUT2D eigenvalue weighted by molar-refractivity contribution is -0.136. The number of imide groups is 1. The van der Waals surface area contributed by atoms with E-state index in [-0.39, 0.29) is 54.7 Å². The highest BCUT2D eigenvalue weighted by Crippen LogP contribution is 2.33. The Morgan fingerprint density at radius 3 is 2.25 bits per heavy atom. The van der Waals surface area contributed by atoms with Crippen molar-refractivity contribution < 1.29 is 43.7 Å². The first-order chi connectivity index (χ1) is 37.3. The Hall–Kier alpha value is -7.33. The van der Waals surface area contributed by atoms with Crippen molar-refractivity contribution >= 4 is 64.1 Å².